The van der Waals surface area contributed by atoms with Gasteiger partial charge in [-0.2, -0.15) is 0 Å². The van der Waals surface area contributed by atoms with Crippen molar-refractivity contribution >= 4 is 23.1 Å². The number of ether oxygens (including phenoxy) is 1. The number of imidazole rings is 1. The van der Waals surface area contributed by atoms with E-state index >= 15 is 0 Å². The molecule has 2 aliphatic heterocycles. The number of fused-ring (bicyclic) bond motifs is 2. The first kappa shape index (κ1) is 20.7. The Balaban J connectivity index is 1.35. The first-order valence-electron chi connectivity index (χ1n) is 11.1. The third kappa shape index (κ3) is 3.49. The van der Waals surface area contributed by atoms with Gasteiger partial charge >= 0.3 is 0 Å². The summed E-state index contributed by atoms with van der Waals surface area (Å²) >= 11 is 0. The Hall–Kier alpha value is -3.85. The fraction of sp³-hybridized carbons (Fsp3) is 0.240. The first-order valence-corrected chi connectivity index (χ1v) is 11.1. The van der Waals surface area contributed by atoms with Crippen LogP contribution in [0.3, 0.4) is 0 Å². The maximum absolute atomic E-state index is 13.1. The summed E-state index contributed by atoms with van der Waals surface area (Å²) in [5.41, 5.74) is 5.08. The molecule has 1 fully saturated rings. The summed E-state index contributed by atoms with van der Waals surface area (Å²) in [7, 11) is 0. The van der Waals surface area contributed by atoms with Crippen molar-refractivity contribution in [3.05, 3.63) is 77.2 Å². The van der Waals surface area contributed by atoms with E-state index in [1.165, 1.54) is 12.1 Å². The SMILES string of the molecule is O=C1NCc2c(-c3cnc4cc(C(F)F)ccn34)ccc(Nc3ccc([C@@H]4CCOC4)cn3)c21. The number of carbonyl (C=O) groups is 1. The Morgan fingerprint density at radius 1 is 1.15 bits per heavy atom. The highest BCUT2D eigenvalue weighted by Gasteiger charge is 2.27. The van der Waals surface area contributed by atoms with E-state index in [0.29, 0.717) is 35.2 Å². The van der Waals surface area contributed by atoms with Gasteiger partial charge in [-0.25, -0.2) is 18.7 Å². The average molecular weight is 461 g/mol. The number of aromatic nitrogens is 3. The molecular weight excluding hydrogens is 440 g/mol. The van der Waals surface area contributed by atoms with Crippen molar-refractivity contribution in [1.82, 2.24) is 19.7 Å². The fourth-order valence-corrected chi connectivity index (χ4v) is 4.68. The molecule has 0 radical (unpaired) electrons. The molecule has 1 atom stereocenters. The highest BCUT2D eigenvalue weighted by Crippen LogP contribution is 2.36. The quantitative estimate of drug-likeness (QED) is 0.445. The largest absolute Gasteiger partial charge is 0.381 e. The van der Waals surface area contributed by atoms with Gasteiger partial charge in [-0.05, 0) is 41.8 Å². The lowest BCUT2D eigenvalue weighted by atomic mass is 9.99. The van der Waals surface area contributed by atoms with E-state index in [9.17, 15) is 13.6 Å². The molecule has 0 aliphatic carbocycles. The topological polar surface area (TPSA) is 80.6 Å². The average Bonchev–Trinajstić information content (AvgIpc) is 3.60. The molecule has 1 amide bonds. The molecule has 0 bridgehead atoms. The lowest BCUT2D eigenvalue weighted by molar-refractivity contribution is 0.0966. The maximum Gasteiger partial charge on any atom is 0.264 e. The van der Waals surface area contributed by atoms with Gasteiger partial charge in [-0.15, -0.1) is 0 Å². The van der Waals surface area contributed by atoms with Crippen molar-refractivity contribution in [2.24, 2.45) is 0 Å². The number of carbonyl (C=O) groups excluding carboxylic acids is 1. The van der Waals surface area contributed by atoms with Crippen LogP contribution in [0.1, 0.15) is 45.8 Å². The van der Waals surface area contributed by atoms with Gasteiger partial charge in [0.2, 0.25) is 0 Å². The molecule has 1 aromatic carbocycles. The van der Waals surface area contributed by atoms with Crippen molar-refractivity contribution in [1.29, 1.82) is 0 Å². The Labute approximate surface area is 193 Å². The van der Waals surface area contributed by atoms with Gasteiger partial charge in [0.1, 0.15) is 11.5 Å². The van der Waals surface area contributed by atoms with Gasteiger partial charge in [0.15, 0.2) is 0 Å². The standard InChI is InChI=1S/C25H21F2N5O2/c26-24(27)14-5-7-32-20(12-29-22(32)9-14)17-2-3-19(23-18(17)11-30-25(23)33)31-21-4-1-15(10-28-21)16-6-8-34-13-16/h1-5,7,9-10,12,16,24H,6,8,11,13H2,(H,28,31)(H,30,33)/t16-/m1/s1. The second-order valence-corrected chi connectivity index (χ2v) is 8.49. The minimum atomic E-state index is -2.56. The lowest BCUT2D eigenvalue weighted by Gasteiger charge is -2.14. The zero-order chi connectivity index (χ0) is 23.2. The van der Waals surface area contributed by atoms with Gasteiger partial charge in [0.25, 0.3) is 12.3 Å². The van der Waals surface area contributed by atoms with Crippen LogP contribution in [0.2, 0.25) is 0 Å². The summed E-state index contributed by atoms with van der Waals surface area (Å²) in [6.45, 7) is 1.86. The molecule has 34 heavy (non-hydrogen) atoms. The van der Waals surface area contributed by atoms with Crippen LogP contribution < -0.4 is 10.6 Å². The smallest absolute Gasteiger partial charge is 0.264 e. The van der Waals surface area contributed by atoms with Gasteiger partial charge in [-0.3, -0.25) is 9.20 Å². The number of halogens is 2. The number of nitrogens with one attached hydrogen (secondary N) is 2. The minimum Gasteiger partial charge on any atom is -0.381 e. The summed E-state index contributed by atoms with van der Waals surface area (Å²) in [6.07, 6.45) is 3.51. The van der Waals surface area contributed by atoms with Crippen molar-refractivity contribution in [3.8, 4) is 11.3 Å². The number of alkyl halides is 2. The van der Waals surface area contributed by atoms with Crippen LogP contribution in [-0.2, 0) is 11.3 Å². The van der Waals surface area contributed by atoms with Crippen LogP contribution in [0.25, 0.3) is 16.9 Å². The van der Waals surface area contributed by atoms with E-state index < -0.39 is 6.43 Å². The molecule has 172 valence electrons. The van der Waals surface area contributed by atoms with E-state index in [0.717, 1.165) is 42.0 Å². The van der Waals surface area contributed by atoms with Gasteiger partial charge < -0.3 is 15.4 Å². The van der Waals surface area contributed by atoms with Crippen molar-refractivity contribution in [3.63, 3.8) is 0 Å². The number of nitrogens with zero attached hydrogens (tertiary/aromatic N) is 3. The molecule has 0 spiro atoms. The number of hydrogen-bond donors (Lipinski definition) is 2. The summed E-state index contributed by atoms with van der Waals surface area (Å²) in [5.74, 6) is 0.845. The fourth-order valence-electron chi connectivity index (χ4n) is 4.68. The van der Waals surface area contributed by atoms with Gasteiger partial charge in [0, 0.05) is 42.6 Å². The van der Waals surface area contributed by atoms with Gasteiger partial charge in [-0.1, -0.05) is 12.1 Å². The third-order valence-electron chi connectivity index (χ3n) is 6.48. The Bertz CT molecular complexity index is 1390. The molecule has 0 saturated carbocycles. The van der Waals surface area contributed by atoms with E-state index in [4.69, 9.17) is 4.74 Å². The maximum atomic E-state index is 13.1. The Kier molecular flexibility index (Phi) is 4.99. The highest BCUT2D eigenvalue weighted by molar-refractivity contribution is 6.06. The normalized spacial score (nSPS) is 17.4. The van der Waals surface area contributed by atoms with Crippen LogP contribution in [0.4, 0.5) is 20.3 Å². The monoisotopic (exact) mass is 461 g/mol. The molecule has 2 N–H and O–H groups in total. The predicted octanol–water partition coefficient (Wildman–Crippen LogP) is 4.82. The third-order valence-corrected chi connectivity index (χ3v) is 6.48. The second kappa shape index (κ2) is 8.18. The van der Waals surface area contributed by atoms with Crippen LogP contribution >= 0.6 is 0 Å². The predicted molar refractivity (Wildman–Crippen MR) is 122 cm³/mol. The molecule has 5 heterocycles. The summed E-state index contributed by atoms with van der Waals surface area (Å²) in [5, 5.41) is 6.16. The molecule has 3 aromatic heterocycles. The summed E-state index contributed by atoms with van der Waals surface area (Å²) in [4.78, 5) is 21.6. The number of anilines is 2. The van der Waals surface area contributed by atoms with Gasteiger partial charge in [0.05, 0.1) is 29.7 Å². The van der Waals surface area contributed by atoms with Crippen LogP contribution in [-0.4, -0.2) is 33.5 Å². The summed E-state index contributed by atoms with van der Waals surface area (Å²) < 4.78 is 33.4. The van der Waals surface area contributed by atoms with Crippen LogP contribution in [0.15, 0.2) is 55.0 Å². The second-order valence-electron chi connectivity index (χ2n) is 8.49. The van der Waals surface area contributed by atoms with Crippen molar-refractivity contribution in [2.75, 3.05) is 18.5 Å². The van der Waals surface area contributed by atoms with E-state index in [1.807, 2.05) is 30.5 Å². The van der Waals surface area contributed by atoms with E-state index in [2.05, 4.69) is 20.6 Å². The Morgan fingerprint density at radius 3 is 2.82 bits per heavy atom. The molecule has 0 unspecified atom stereocenters. The number of benzene rings is 1. The molecule has 7 nitrogen and oxygen atoms in total. The molecule has 4 aromatic rings. The Morgan fingerprint density at radius 2 is 2.06 bits per heavy atom. The minimum absolute atomic E-state index is 0.0785. The first-order chi connectivity index (χ1) is 16.6. The van der Waals surface area contributed by atoms with Crippen molar-refractivity contribution in [2.45, 2.75) is 25.3 Å². The zero-order valence-electron chi connectivity index (χ0n) is 18.1. The molecular formula is C25H21F2N5O2. The number of rotatable bonds is 5. The number of amides is 1. The molecule has 2 aliphatic rings. The zero-order valence-corrected chi connectivity index (χ0v) is 18.1. The van der Waals surface area contributed by atoms with Crippen molar-refractivity contribution < 1.29 is 18.3 Å². The summed E-state index contributed by atoms with van der Waals surface area (Å²) in [6, 6.07) is 10.5. The van der Waals surface area contributed by atoms with E-state index in [-0.39, 0.29) is 11.5 Å². The molecule has 1 saturated heterocycles. The van der Waals surface area contributed by atoms with E-state index in [1.54, 1.807) is 16.8 Å². The van der Waals surface area contributed by atoms with Crippen LogP contribution in [0, 0.1) is 0 Å². The molecule has 9 heteroatoms. The highest BCUT2D eigenvalue weighted by atomic mass is 19.3. The number of pyridine rings is 2. The number of hydrogen-bond acceptors (Lipinski definition) is 5. The van der Waals surface area contributed by atoms with Crippen LogP contribution in [0.5, 0.6) is 0 Å². The lowest BCUT2D eigenvalue weighted by Crippen LogP contribution is -2.13. The molecule has 6 rings (SSSR count).